The van der Waals surface area contributed by atoms with Crippen molar-refractivity contribution in [1.29, 1.82) is 0 Å². The molecule has 0 unspecified atom stereocenters. The van der Waals surface area contributed by atoms with Gasteiger partial charge in [-0.25, -0.2) is 0 Å². The number of anilines is 1. The maximum Gasteiger partial charge on any atom is 0.241 e. The van der Waals surface area contributed by atoms with E-state index >= 15 is 0 Å². The number of ether oxygens (including phenoxy) is 2. The largest absolute Gasteiger partial charge is 0.459 e. The van der Waals surface area contributed by atoms with Crippen LogP contribution in [0.4, 0.5) is 5.69 Å². The van der Waals surface area contributed by atoms with Crippen LogP contribution >= 0.6 is 0 Å². The lowest BCUT2D eigenvalue weighted by molar-refractivity contribution is -0.0312. The van der Waals surface area contributed by atoms with Crippen molar-refractivity contribution in [3.8, 4) is 0 Å². The van der Waals surface area contributed by atoms with Gasteiger partial charge < -0.3 is 15.2 Å². The summed E-state index contributed by atoms with van der Waals surface area (Å²) in [6, 6.07) is 0. The van der Waals surface area contributed by atoms with Crippen molar-refractivity contribution in [3.63, 3.8) is 0 Å². The number of nitrogen functional groups attached to an aromatic ring is 1. The number of nitrogens with zero attached hydrogens (tertiary/aromatic N) is 2. The van der Waals surface area contributed by atoms with E-state index in [9.17, 15) is 0 Å². The van der Waals surface area contributed by atoms with Crippen molar-refractivity contribution in [2.75, 3.05) is 5.73 Å². The number of hydrogen-bond acceptors (Lipinski definition) is 4. The predicted molar refractivity (Wildman–Crippen MR) is 46.4 cm³/mol. The summed E-state index contributed by atoms with van der Waals surface area (Å²) in [7, 11) is 0. The van der Waals surface area contributed by atoms with Crippen LogP contribution in [0, 0.1) is 0 Å². The summed E-state index contributed by atoms with van der Waals surface area (Å²) in [5.41, 5.74) is 6.18. The summed E-state index contributed by atoms with van der Waals surface area (Å²) in [6.07, 6.45) is 7.07. The standard InChI is InChI=1S/C8H11N3O2/c9-7-5-10-11(6-7)2-1-8-12-3-4-13-8/h3-6,8H,1-2,9H2. The molecule has 13 heavy (non-hydrogen) atoms. The predicted octanol–water partition coefficient (Wildman–Crippen LogP) is 0.700. The average molecular weight is 181 g/mol. The third-order valence-corrected chi connectivity index (χ3v) is 1.76. The molecule has 1 aromatic heterocycles. The Morgan fingerprint density at radius 1 is 1.46 bits per heavy atom. The molecule has 0 atom stereocenters. The minimum Gasteiger partial charge on any atom is -0.459 e. The molecule has 2 heterocycles. The van der Waals surface area contributed by atoms with Crippen molar-refractivity contribution in [2.24, 2.45) is 0 Å². The maximum absolute atomic E-state index is 5.50. The van der Waals surface area contributed by atoms with Gasteiger partial charge in [0.25, 0.3) is 0 Å². The number of rotatable bonds is 3. The molecule has 5 heteroatoms. The smallest absolute Gasteiger partial charge is 0.241 e. The first-order chi connectivity index (χ1) is 6.34. The van der Waals surface area contributed by atoms with Gasteiger partial charge in [-0.1, -0.05) is 0 Å². The third-order valence-electron chi connectivity index (χ3n) is 1.76. The van der Waals surface area contributed by atoms with Crippen LogP contribution in [-0.4, -0.2) is 16.1 Å². The second-order valence-electron chi connectivity index (χ2n) is 2.80. The van der Waals surface area contributed by atoms with Gasteiger partial charge in [0, 0.05) is 19.2 Å². The topological polar surface area (TPSA) is 62.3 Å². The summed E-state index contributed by atoms with van der Waals surface area (Å²) in [6.45, 7) is 0.740. The van der Waals surface area contributed by atoms with E-state index in [1.165, 1.54) is 0 Å². The van der Waals surface area contributed by atoms with Crippen molar-refractivity contribution < 1.29 is 9.47 Å². The average Bonchev–Trinajstić information content (AvgIpc) is 2.71. The van der Waals surface area contributed by atoms with Crippen molar-refractivity contribution in [2.45, 2.75) is 19.3 Å². The Labute approximate surface area is 75.7 Å². The van der Waals surface area contributed by atoms with Gasteiger partial charge in [-0.2, -0.15) is 5.10 Å². The summed E-state index contributed by atoms with van der Waals surface area (Å²) >= 11 is 0. The minimum atomic E-state index is -0.176. The Morgan fingerprint density at radius 2 is 2.23 bits per heavy atom. The van der Waals surface area contributed by atoms with Crippen molar-refractivity contribution in [3.05, 3.63) is 24.9 Å². The molecular weight excluding hydrogens is 170 g/mol. The summed E-state index contributed by atoms with van der Waals surface area (Å²) in [5, 5.41) is 4.04. The third kappa shape index (κ3) is 1.93. The van der Waals surface area contributed by atoms with Gasteiger partial charge >= 0.3 is 0 Å². The molecule has 0 saturated heterocycles. The van der Waals surface area contributed by atoms with E-state index in [0.717, 1.165) is 13.0 Å². The Hall–Kier alpha value is -1.65. The summed E-state index contributed by atoms with van der Waals surface area (Å²) in [5.74, 6) is 0. The Morgan fingerprint density at radius 3 is 2.85 bits per heavy atom. The maximum atomic E-state index is 5.50. The quantitative estimate of drug-likeness (QED) is 0.745. The van der Waals surface area contributed by atoms with E-state index in [2.05, 4.69) is 5.10 Å². The highest BCUT2D eigenvalue weighted by Gasteiger charge is 2.11. The number of aryl methyl sites for hydroxylation is 1. The van der Waals surface area contributed by atoms with E-state index in [4.69, 9.17) is 15.2 Å². The van der Waals surface area contributed by atoms with Gasteiger partial charge in [0.05, 0.1) is 11.9 Å². The fourth-order valence-corrected chi connectivity index (χ4v) is 1.15. The van der Waals surface area contributed by atoms with E-state index in [1.807, 2.05) is 0 Å². The van der Waals surface area contributed by atoms with Gasteiger partial charge in [-0.05, 0) is 0 Å². The molecule has 0 aromatic carbocycles. The normalized spacial score (nSPS) is 15.7. The van der Waals surface area contributed by atoms with E-state index < -0.39 is 0 Å². The molecule has 1 aliphatic rings. The van der Waals surface area contributed by atoms with Gasteiger partial charge in [0.15, 0.2) is 0 Å². The van der Waals surface area contributed by atoms with Gasteiger partial charge in [0.1, 0.15) is 12.5 Å². The van der Waals surface area contributed by atoms with Gasteiger partial charge in [-0.3, -0.25) is 4.68 Å². The molecule has 5 nitrogen and oxygen atoms in total. The molecule has 0 aliphatic carbocycles. The zero-order valence-electron chi connectivity index (χ0n) is 7.09. The highest BCUT2D eigenvalue weighted by atomic mass is 16.7. The highest BCUT2D eigenvalue weighted by molar-refractivity contribution is 5.30. The fourth-order valence-electron chi connectivity index (χ4n) is 1.15. The summed E-state index contributed by atoms with van der Waals surface area (Å²) < 4.78 is 12.0. The second kappa shape index (κ2) is 3.38. The zero-order valence-corrected chi connectivity index (χ0v) is 7.09. The number of nitrogens with two attached hydrogens (primary N) is 1. The molecule has 0 bridgehead atoms. The Balaban J connectivity index is 1.79. The van der Waals surface area contributed by atoms with Gasteiger partial charge in [0.2, 0.25) is 6.29 Å². The van der Waals surface area contributed by atoms with Crippen LogP contribution in [0.25, 0.3) is 0 Å². The first-order valence-corrected chi connectivity index (χ1v) is 4.08. The zero-order chi connectivity index (χ0) is 9.10. The van der Waals surface area contributed by atoms with Crippen LogP contribution in [0.2, 0.25) is 0 Å². The van der Waals surface area contributed by atoms with E-state index in [0.29, 0.717) is 5.69 Å². The number of hydrogen-bond donors (Lipinski definition) is 1. The molecule has 0 saturated carbocycles. The first-order valence-electron chi connectivity index (χ1n) is 4.08. The van der Waals surface area contributed by atoms with Gasteiger partial charge in [-0.15, -0.1) is 0 Å². The van der Waals surface area contributed by atoms with Crippen molar-refractivity contribution in [1.82, 2.24) is 9.78 Å². The molecule has 0 radical (unpaired) electrons. The van der Waals surface area contributed by atoms with Crippen LogP contribution in [0.1, 0.15) is 6.42 Å². The molecule has 1 aromatic rings. The van der Waals surface area contributed by atoms with Crippen LogP contribution in [0.15, 0.2) is 24.9 Å². The molecule has 0 spiro atoms. The van der Waals surface area contributed by atoms with E-state index in [-0.39, 0.29) is 6.29 Å². The molecular formula is C8H11N3O2. The monoisotopic (exact) mass is 181 g/mol. The molecule has 70 valence electrons. The lowest BCUT2D eigenvalue weighted by atomic mass is 10.4. The van der Waals surface area contributed by atoms with Crippen LogP contribution in [-0.2, 0) is 16.0 Å². The highest BCUT2D eigenvalue weighted by Crippen LogP contribution is 2.10. The SMILES string of the molecule is Nc1cnn(CCC2OC=CO2)c1. The number of aromatic nitrogens is 2. The minimum absolute atomic E-state index is 0.176. The lowest BCUT2D eigenvalue weighted by Gasteiger charge is -2.09. The van der Waals surface area contributed by atoms with Crippen LogP contribution in [0.5, 0.6) is 0 Å². The lowest BCUT2D eigenvalue weighted by Crippen LogP contribution is -2.11. The second-order valence-corrected chi connectivity index (χ2v) is 2.80. The van der Waals surface area contributed by atoms with E-state index in [1.54, 1.807) is 29.6 Å². The molecule has 2 N–H and O–H groups in total. The summed E-state index contributed by atoms with van der Waals surface area (Å²) in [4.78, 5) is 0. The Kier molecular flexibility index (Phi) is 2.08. The van der Waals surface area contributed by atoms with Crippen LogP contribution in [0.3, 0.4) is 0 Å². The Bertz CT molecular complexity index is 300. The van der Waals surface area contributed by atoms with Crippen LogP contribution < -0.4 is 5.73 Å². The van der Waals surface area contributed by atoms with Crippen molar-refractivity contribution >= 4 is 5.69 Å². The first kappa shape index (κ1) is 7.97. The molecule has 1 aliphatic heterocycles. The molecule has 0 amide bonds. The molecule has 2 rings (SSSR count). The molecule has 0 fully saturated rings. The fraction of sp³-hybridized carbons (Fsp3) is 0.375.